The maximum Gasteiger partial charge on any atom is 0.323 e. The number of methoxy groups -OCH3 is 1. The second-order valence-corrected chi connectivity index (χ2v) is 5.44. The molecule has 19 heavy (non-hydrogen) atoms. The van der Waals surface area contributed by atoms with E-state index in [1.54, 1.807) is 6.07 Å². The average molecular weight is 285 g/mol. The van der Waals surface area contributed by atoms with Crippen LogP contribution in [0.3, 0.4) is 0 Å². The van der Waals surface area contributed by atoms with Crippen LogP contribution in [0.1, 0.15) is 5.56 Å². The number of carbonyl (C=O) groups excluding carboxylic acids is 1. The zero-order valence-electron chi connectivity index (χ0n) is 10.6. The molecule has 0 amide bonds. The lowest BCUT2D eigenvalue weighted by molar-refractivity contribution is -0.141. The summed E-state index contributed by atoms with van der Waals surface area (Å²) < 4.78 is 23.3. The van der Waals surface area contributed by atoms with E-state index in [1.807, 2.05) is 0 Å². The summed E-state index contributed by atoms with van der Waals surface area (Å²) in [5.74, 6) is 1.27. The van der Waals surface area contributed by atoms with Crippen molar-refractivity contribution in [1.82, 2.24) is 0 Å². The van der Waals surface area contributed by atoms with Crippen LogP contribution in [0.4, 0.5) is 4.39 Å². The highest BCUT2D eigenvalue weighted by Crippen LogP contribution is 2.30. The number of nitrogens with two attached hydrogens (primary N) is 1. The predicted octanol–water partition coefficient (Wildman–Crippen LogP) is 1.36. The topological polar surface area (TPSA) is 61.5 Å². The van der Waals surface area contributed by atoms with Crippen LogP contribution in [0.2, 0.25) is 0 Å². The SMILES string of the molecule is COC(=O)C(N)CSCC1Cc2cc(F)ccc2O1. The van der Waals surface area contributed by atoms with E-state index in [4.69, 9.17) is 10.5 Å². The van der Waals surface area contributed by atoms with Crippen LogP contribution in [0.25, 0.3) is 0 Å². The summed E-state index contributed by atoms with van der Waals surface area (Å²) in [5.41, 5.74) is 6.52. The van der Waals surface area contributed by atoms with Gasteiger partial charge in [0.05, 0.1) is 7.11 Å². The Balaban J connectivity index is 1.77. The highest BCUT2D eigenvalue weighted by molar-refractivity contribution is 7.99. The number of ether oxygens (including phenoxy) is 2. The molecule has 6 heteroatoms. The Labute approximate surface area is 115 Å². The van der Waals surface area contributed by atoms with Crippen LogP contribution in [-0.2, 0) is 16.0 Å². The standard InChI is InChI=1S/C13H16FNO3S/c1-17-13(16)11(15)7-19-6-10-5-8-4-9(14)2-3-12(8)18-10/h2-4,10-11H,5-7,15H2,1H3. The molecule has 2 unspecified atom stereocenters. The normalized spacial score (nSPS) is 18.6. The van der Waals surface area contributed by atoms with Gasteiger partial charge in [-0.15, -0.1) is 0 Å². The molecule has 0 radical (unpaired) electrons. The zero-order valence-corrected chi connectivity index (χ0v) is 11.4. The van der Waals surface area contributed by atoms with Gasteiger partial charge in [-0.1, -0.05) is 0 Å². The van der Waals surface area contributed by atoms with Gasteiger partial charge in [0.15, 0.2) is 0 Å². The van der Waals surface area contributed by atoms with Crippen molar-refractivity contribution in [3.8, 4) is 5.75 Å². The molecule has 0 spiro atoms. The van der Waals surface area contributed by atoms with E-state index < -0.39 is 12.0 Å². The summed E-state index contributed by atoms with van der Waals surface area (Å²) in [5, 5.41) is 0. The van der Waals surface area contributed by atoms with E-state index >= 15 is 0 Å². The average Bonchev–Trinajstić information content (AvgIpc) is 2.79. The molecule has 1 aromatic carbocycles. The number of fused-ring (bicyclic) bond motifs is 1. The molecular weight excluding hydrogens is 269 g/mol. The van der Waals surface area contributed by atoms with Crippen molar-refractivity contribution in [2.75, 3.05) is 18.6 Å². The smallest absolute Gasteiger partial charge is 0.323 e. The monoisotopic (exact) mass is 285 g/mol. The Bertz CT molecular complexity index is 469. The second-order valence-electron chi connectivity index (χ2n) is 4.36. The summed E-state index contributed by atoms with van der Waals surface area (Å²) in [6.07, 6.45) is 0.694. The van der Waals surface area contributed by atoms with Gasteiger partial charge in [0.1, 0.15) is 23.7 Å². The molecule has 1 heterocycles. The van der Waals surface area contributed by atoms with Crippen molar-refractivity contribution >= 4 is 17.7 Å². The fourth-order valence-electron chi connectivity index (χ4n) is 1.93. The molecule has 0 aliphatic carbocycles. The highest BCUT2D eigenvalue weighted by atomic mass is 32.2. The fraction of sp³-hybridized carbons (Fsp3) is 0.462. The van der Waals surface area contributed by atoms with E-state index in [2.05, 4.69) is 4.74 Å². The molecule has 0 aromatic heterocycles. The summed E-state index contributed by atoms with van der Waals surface area (Å²) in [7, 11) is 1.32. The molecule has 0 bridgehead atoms. The number of hydrogen-bond acceptors (Lipinski definition) is 5. The molecule has 0 saturated carbocycles. The van der Waals surface area contributed by atoms with E-state index in [-0.39, 0.29) is 11.9 Å². The maximum atomic E-state index is 13.0. The first kappa shape index (κ1) is 14.1. The Morgan fingerprint density at radius 1 is 1.68 bits per heavy atom. The molecule has 1 aromatic rings. The number of hydrogen-bond donors (Lipinski definition) is 1. The quantitative estimate of drug-likeness (QED) is 0.828. The van der Waals surface area contributed by atoms with E-state index in [9.17, 15) is 9.18 Å². The van der Waals surface area contributed by atoms with Crippen LogP contribution in [0.15, 0.2) is 18.2 Å². The third-order valence-corrected chi connectivity index (χ3v) is 4.07. The molecule has 1 aliphatic heterocycles. The Kier molecular flexibility index (Phi) is 4.66. The van der Waals surface area contributed by atoms with Crippen molar-refractivity contribution in [3.05, 3.63) is 29.6 Å². The maximum absolute atomic E-state index is 13.0. The minimum Gasteiger partial charge on any atom is -0.489 e. The van der Waals surface area contributed by atoms with Gasteiger partial charge in [0.25, 0.3) is 0 Å². The summed E-state index contributed by atoms with van der Waals surface area (Å²) in [6.45, 7) is 0. The van der Waals surface area contributed by atoms with Gasteiger partial charge in [-0.05, 0) is 18.2 Å². The number of carbonyl (C=O) groups is 1. The van der Waals surface area contributed by atoms with Crippen LogP contribution >= 0.6 is 11.8 Å². The molecule has 2 atom stereocenters. The lowest BCUT2D eigenvalue weighted by Crippen LogP contribution is -2.34. The van der Waals surface area contributed by atoms with Crippen LogP contribution in [-0.4, -0.2) is 36.7 Å². The summed E-state index contributed by atoms with van der Waals surface area (Å²) >= 11 is 1.53. The molecule has 4 nitrogen and oxygen atoms in total. The molecule has 2 rings (SSSR count). The van der Waals surface area contributed by atoms with Crippen molar-refractivity contribution in [1.29, 1.82) is 0 Å². The molecule has 0 saturated heterocycles. The number of thioether (sulfide) groups is 1. The first-order valence-corrected chi connectivity index (χ1v) is 7.12. The second kappa shape index (κ2) is 6.25. The Morgan fingerprint density at radius 2 is 2.47 bits per heavy atom. The van der Waals surface area contributed by atoms with E-state index in [1.165, 1.54) is 31.0 Å². The van der Waals surface area contributed by atoms with Gasteiger partial charge in [0, 0.05) is 23.5 Å². The molecule has 104 valence electrons. The third-order valence-electron chi connectivity index (χ3n) is 2.87. The van der Waals surface area contributed by atoms with E-state index in [0.717, 1.165) is 11.3 Å². The first-order valence-electron chi connectivity index (χ1n) is 5.96. The van der Waals surface area contributed by atoms with Gasteiger partial charge in [-0.2, -0.15) is 11.8 Å². The van der Waals surface area contributed by atoms with Crippen molar-refractivity contribution in [3.63, 3.8) is 0 Å². The number of halogens is 1. The van der Waals surface area contributed by atoms with Gasteiger partial charge >= 0.3 is 5.97 Å². The largest absolute Gasteiger partial charge is 0.489 e. The van der Waals surface area contributed by atoms with Gasteiger partial charge in [-0.3, -0.25) is 4.79 Å². The van der Waals surface area contributed by atoms with Crippen LogP contribution < -0.4 is 10.5 Å². The first-order chi connectivity index (χ1) is 9.10. The Morgan fingerprint density at radius 3 is 3.21 bits per heavy atom. The van der Waals surface area contributed by atoms with Crippen molar-refractivity contribution in [2.24, 2.45) is 5.73 Å². The number of rotatable bonds is 5. The fourth-order valence-corrected chi connectivity index (χ4v) is 2.90. The Hall–Kier alpha value is -1.27. The van der Waals surface area contributed by atoms with Crippen LogP contribution in [0, 0.1) is 5.82 Å². The molecule has 2 N–H and O–H groups in total. The molecular formula is C13H16FNO3S. The summed E-state index contributed by atoms with van der Waals surface area (Å²) in [4.78, 5) is 11.1. The van der Waals surface area contributed by atoms with Gasteiger partial charge < -0.3 is 15.2 Å². The lowest BCUT2D eigenvalue weighted by atomic mass is 10.1. The van der Waals surface area contributed by atoms with Crippen molar-refractivity contribution in [2.45, 2.75) is 18.6 Å². The highest BCUT2D eigenvalue weighted by Gasteiger charge is 2.24. The number of esters is 1. The van der Waals surface area contributed by atoms with E-state index in [0.29, 0.717) is 17.9 Å². The predicted molar refractivity (Wildman–Crippen MR) is 71.8 cm³/mol. The van der Waals surface area contributed by atoms with Gasteiger partial charge in [-0.25, -0.2) is 4.39 Å². The number of benzene rings is 1. The van der Waals surface area contributed by atoms with Crippen LogP contribution in [0.5, 0.6) is 5.75 Å². The third kappa shape index (κ3) is 3.61. The van der Waals surface area contributed by atoms with Gasteiger partial charge in [0.2, 0.25) is 0 Å². The lowest BCUT2D eigenvalue weighted by Gasteiger charge is -2.12. The minimum absolute atomic E-state index is 0.00615. The molecule has 0 fully saturated rings. The summed E-state index contributed by atoms with van der Waals surface area (Å²) in [6, 6.07) is 3.92. The minimum atomic E-state index is -0.615. The molecule has 1 aliphatic rings. The zero-order chi connectivity index (χ0) is 13.8. The van der Waals surface area contributed by atoms with Crippen molar-refractivity contribution < 1.29 is 18.7 Å².